The summed E-state index contributed by atoms with van der Waals surface area (Å²) in [6.45, 7) is 12.2. The Balaban J connectivity index is 2.09. The molecule has 34 heavy (non-hydrogen) atoms. The van der Waals surface area contributed by atoms with Gasteiger partial charge in [0.25, 0.3) is 11.7 Å². The van der Waals surface area contributed by atoms with Gasteiger partial charge in [0, 0.05) is 17.8 Å². The van der Waals surface area contributed by atoms with Crippen LogP contribution < -0.4 is 0 Å². The Morgan fingerprint density at radius 2 is 1.88 bits per heavy atom. The van der Waals surface area contributed by atoms with Gasteiger partial charge in [-0.15, -0.1) is 0 Å². The number of carbonyl (C=O) groups excluding carboxylic acids is 3. The third kappa shape index (κ3) is 4.52. The first-order valence-corrected chi connectivity index (χ1v) is 11.5. The molecule has 1 atom stereocenters. The average molecular weight is 472 g/mol. The van der Waals surface area contributed by atoms with Crippen molar-refractivity contribution in [3.05, 3.63) is 51.7 Å². The summed E-state index contributed by atoms with van der Waals surface area (Å²) in [7, 11) is 1.26. The molecule has 1 saturated heterocycles. The molecule has 3 rings (SSSR count). The fraction of sp³-hybridized carbons (Fsp3) is 0.480. The maximum Gasteiger partial charge on any atom is 0.354 e. The normalized spacial score (nSPS) is 17.7. The van der Waals surface area contributed by atoms with Gasteiger partial charge in [-0.25, -0.2) is 4.79 Å². The number of carbonyl (C=O) groups is 3. The number of furan rings is 1. The second-order valence-corrected chi connectivity index (χ2v) is 8.44. The van der Waals surface area contributed by atoms with Gasteiger partial charge in [-0.1, -0.05) is 13.8 Å². The highest BCUT2D eigenvalue weighted by Gasteiger charge is 2.47. The van der Waals surface area contributed by atoms with Crippen molar-refractivity contribution < 1.29 is 28.6 Å². The lowest BCUT2D eigenvalue weighted by atomic mass is 9.97. The number of aliphatic hydroxyl groups excluding tert-OH is 1. The quantitative estimate of drug-likeness (QED) is 0.249. The van der Waals surface area contributed by atoms with Crippen LogP contribution in [0, 0.1) is 20.8 Å². The maximum atomic E-state index is 13.2. The van der Waals surface area contributed by atoms with Crippen molar-refractivity contribution >= 4 is 23.4 Å². The van der Waals surface area contributed by atoms with Crippen LogP contribution >= 0.6 is 0 Å². The zero-order chi connectivity index (χ0) is 25.2. The highest BCUT2D eigenvalue weighted by atomic mass is 16.5. The van der Waals surface area contributed by atoms with Gasteiger partial charge in [0.15, 0.2) is 0 Å². The summed E-state index contributed by atoms with van der Waals surface area (Å²) in [5.41, 5.74) is 1.35. The van der Waals surface area contributed by atoms with E-state index in [2.05, 4.69) is 23.7 Å². The number of aryl methyl sites for hydroxylation is 2. The van der Waals surface area contributed by atoms with Crippen molar-refractivity contribution in [2.75, 3.05) is 33.3 Å². The molecule has 0 bridgehead atoms. The first-order chi connectivity index (χ1) is 16.2. The number of amides is 1. The first kappa shape index (κ1) is 25.3. The van der Waals surface area contributed by atoms with Gasteiger partial charge in [0.1, 0.15) is 29.0 Å². The molecular formula is C25H33N3O6. The van der Waals surface area contributed by atoms with Crippen molar-refractivity contribution in [3.63, 3.8) is 0 Å². The van der Waals surface area contributed by atoms with Gasteiger partial charge in [-0.05, 0) is 64.5 Å². The van der Waals surface area contributed by atoms with E-state index in [0.29, 0.717) is 41.3 Å². The molecule has 184 valence electrons. The van der Waals surface area contributed by atoms with Crippen LogP contribution in [-0.4, -0.2) is 70.8 Å². The summed E-state index contributed by atoms with van der Waals surface area (Å²) in [6, 6.07) is 2.61. The Hall–Kier alpha value is -3.33. The van der Waals surface area contributed by atoms with Crippen molar-refractivity contribution in [2.24, 2.45) is 0 Å². The Morgan fingerprint density at radius 1 is 1.21 bits per heavy atom. The lowest BCUT2D eigenvalue weighted by Crippen LogP contribution is -2.33. The lowest BCUT2D eigenvalue weighted by molar-refractivity contribution is -0.140. The fourth-order valence-corrected chi connectivity index (χ4v) is 4.56. The largest absolute Gasteiger partial charge is 0.507 e. The number of methoxy groups -OCH3 is 1. The molecule has 1 aliphatic heterocycles. The number of ether oxygens (including phenoxy) is 1. The number of ketones is 1. The number of nitrogens with zero attached hydrogens (tertiary/aromatic N) is 2. The highest BCUT2D eigenvalue weighted by molar-refractivity contribution is 6.46. The van der Waals surface area contributed by atoms with Gasteiger partial charge in [0.05, 0.1) is 12.7 Å². The van der Waals surface area contributed by atoms with E-state index < -0.39 is 23.7 Å². The van der Waals surface area contributed by atoms with Crippen LogP contribution in [-0.2, 0) is 14.3 Å². The molecule has 0 saturated carbocycles. The van der Waals surface area contributed by atoms with Gasteiger partial charge < -0.3 is 29.0 Å². The van der Waals surface area contributed by atoms with Gasteiger partial charge in [0.2, 0.25) is 0 Å². The number of Topliss-reactive ketones (excluding diaryl/α,β-unsaturated/α-hetero) is 1. The summed E-state index contributed by atoms with van der Waals surface area (Å²) >= 11 is 0. The number of H-pyrrole nitrogens is 1. The molecule has 1 aliphatic rings. The van der Waals surface area contributed by atoms with E-state index in [1.165, 1.54) is 12.0 Å². The van der Waals surface area contributed by atoms with Gasteiger partial charge in [-0.2, -0.15) is 0 Å². The van der Waals surface area contributed by atoms with E-state index >= 15 is 0 Å². The summed E-state index contributed by atoms with van der Waals surface area (Å²) in [4.78, 5) is 45.0. The van der Waals surface area contributed by atoms with Crippen LogP contribution in [0.5, 0.6) is 0 Å². The topological polar surface area (TPSA) is 116 Å². The monoisotopic (exact) mass is 471 g/mol. The van der Waals surface area contributed by atoms with Crippen LogP contribution in [0.15, 0.2) is 22.1 Å². The molecule has 0 aliphatic carbocycles. The van der Waals surface area contributed by atoms with Crippen LogP contribution in [0.1, 0.15) is 65.1 Å². The molecular weight excluding hydrogens is 438 g/mol. The molecule has 3 heterocycles. The van der Waals surface area contributed by atoms with Gasteiger partial charge in [-0.3, -0.25) is 9.59 Å². The summed E-state index contributed by atoms with van der Waals surface area (Å²) in [5.74, 6) is -1.36. The van der Waals surface area contributed by atoms with Crippen molar-refractivity contribution in [3.8, 4) is 0 Å². The van der Waals surface area contributed by atoms with Crippen molar-refractivity contribution in [2.45, 2.75) is 47.1 Å². The van der Waals surface area contributed by atoms with Crippen LogP contribution in [0.2, 0.25) is 0 Å². The standard InChI is InChI=1S/C25H33N3O6/c1-7-27(8-2)12-9-13-28-21(17-11-10-14(3)34-17)19(23(30)24(28)31)22(29)18-15(4)20(25(32)33-6)26-16(18)5/h10-11,21,26,29H,7-9,12-13H2,1-6H3/t21-/m0/s1. The first-order valence-electron chi connectivity index (χ1n) is 11.5. The molecule has 0 unspecified atom stereocenters. The second kappa shape index (κ2) is 10.3. The number of esters is 1. The predicted octanol–water partition coefficient (Wildman–Crippen LogP) is 3.47. The highest BCUT2D eigenvalue weighted by Crippen LogP contribution is 2.41. The van der Waals surface area contributed by atoms with E-state index in [9.17, 15) is 19.5 Å². The Morgan fingerprint density at radius 3 is 2.44 bits per heavy atom. The average Bonchev–Trinajstić information content (AvgIpc) is 3.45. The summed E-state index contributed by atoms with van der Waals surface area (Å²) in [5, 5.41) is 11.3. The minimum absolute atomic E-state index is 0.0520. The number of aromatic amines is 1. The SMILES string of the molecule is CCN(CC)CCCN1C(=O)C(=O)C(=C(O)c2c(C)[nH]c(C(=O)OC)c2C)[C@@H]1c1ccc(C)o1. The number of hydrogen-bond acceptors (Lipinski definition) is 7. The van der Waals surface area contributed by atoms with E-state index in [1.807, 2.05) is 0 Å². The smallest absolute Gasteiger partial charge is 0.354 e. The van der Waals surface area contributed by atoms with E-state index in [-0.39, 0.29) is 17.0 Å². The zero-order valence-corrected chi connectivity index (χ0v) is 20.7. The molecule has 2 N–H and O–H groups in total. The zero-order valence-electron chi connectivity index (χ0n) is 20.7. The number of likely N-dealkylation sites (tertiary alicyclic amines) is 1. The molecule has 2 aromatic heterocycles. The third-order valence-electron chi connectivity index (χ3n) is 6.40. The third-order valence-corrected chi connectivity index (χ3v) is 6.40. The predicted molar refractivity (Wildman–Crippen MR) is 126 cm³/mol. The number of aromatic nitrogens is 1. The second-order valence-electron chi connectivity index (χ2n) is 8.44. The molecule has 2 aromatic rings. The number of rotatable bonds is 9. The molecule has 9 nitrogen and oxygen atoms in total. The lowest BCUT2D eigenvalue weighted by Gasteiger charge is -2.25. The van der Waals surface area contributed by atoms with Crippen molar-refractivity contribution in [1.82, 2.24) is 14.8 Å². The van der Waals surface area contributed by atoms with E-state index in [0.717, 1.165) is 19.6 Å². The molecule has 1 amide bonds. The minimum Gasteiger partial charge on any atom is -0.507 e. The molecule has 1 fully saturated rings. The molecule has 9 heteroatoms. The minimum atomic E-state index is -0.860. The van der Waals surface area contributed by atoms with Crippen LogP contribution in [0.25, 0.3) is 5.76 Å². The van der Waals surface area contributed by atoms with E-state index in [4.69, 9.17) is 9.15 Å². The summed E-state index contributed by atoms with van der Waals surface area (Å²) in [6.07, 6.45) is 0.666. The number of aliphatic hydroxyl groups is 1. The maximum absolute atomic E-state index is 13.2. The number of nitrogens with one attached hydrogen (secondary N) is 1. The molecule has 0 aromatic carbocycles. The van der Waals surface area contributed by atoms with Crippen LogP contribution in [0.4, 0.5) is 0 Å². The summed E-state index contributed by atoms with van der Waals surface area (Å²) < 4.78 is 10.6. The number of hydrogen-bond donors (Lipinski definition) is 2. The molecule has 0 spiro atoms. The fourth-order valence-electron chi connectivity index (χ4n) is 4.56. The Bertz CT molecular complexity index is 1120. The molecule has 0 radical (unpaired) electrons. The van der Waals surface area contributed by atoms with E-state index in [1.54, 1.807) is 32.9 Å². The van der Waals surface area contributed by atoms with Crippen LogP contribution in [0.3, 0.4) is 0 Å². The van der Waals surface area contributed by atoms with Gasteiger partial charge >= 0.3 is 5.97 Å². The Labute approximate surface area is 199 Å². The Kier molecular flexibility index (Phi) is 7.66. The van der Waals surface area contributed by atoms with Crippen molar-refractivity contribution in [1.29, 1.82) is 0 Å².